The molecule has 0 spiro atoms. The third-order valence-corrected chi connectivity index (χ3v) is 3.16. The molecule has 0 radical (unpaired) electrons. The predicted octanol–water partition coefficient (Wildman–Crippen LogP) is 1.86. The van der Waals surface area contributed by atoms with E-state index < -0.39 is 0 Å². The van der Waals surface area contributed by atoms with Gasteiger partial charge in [0, 0.05) is 18.9 Å². The molecule has 18 heavy (non-hydrogen) atoms. The molecular formula is C14H17NO3. The quantitative estimate of drug-likeness (QED) is 0.829. The van der Waals surface area contributed by atoms with Gasteiger partial charge >= 0.3 is 5.97 Å². The topological polar surface area (TPSA) is 55.4 Å². The average Bonchev–Trinajstić information content (AvgIpc) is 2.40. The molecule has 4 heteroatoms. The summed E-state index contributed by atoms with van der Waals surface area (Å²) in [5.74, 6) is 0.175. The van der Waals surface area contributed by atoms with Gasteiger partial charge in [0.2, 0.25) is 5.91 Å². The van der Waals surface area contributed by atoms with Crippen LogP contribution in [-0.4, -0.2) is 25.0 Å². The minimum absolute atomic E-state index is 0.120. The van der Waals surface area contributed by atoms with E-state index in [-0.39, 0.29) is 11.9 Å². The highest BCUT2D eigenvalue weighted by atomic mass is 16.5. The van der Waals surface area contributed by atoms with Crippen molar-refractivity contribution >= 4 is 11.9 Å². The molecule has 0 bridgehead atoms. The second-order valence-electron chi connectivity index (χ2n) is 4.38. The van der Waals surface area contributed by atoms with Gasteiger partial charge in [-0.05, 0) is 31.0 Å². The minimum Gasteiger partial charge on any atom is -0.462 e. The number of carbonyl (C=O) groups is 2. The standard InChI is InChI=1S/C14H17NO3/c1-2-18-14(17)11-5-3-10(4-6-11)12-7-8-13(16)15-9-12/h3-6,12H,2,7-9H2,1H3,(H,15,16)/t12-/m1/s1. The normalized spacial score (nSPS) is 19.2. The monoisotopic (exact) mass is 247 g/mol. The predicted molar refractivity (Wildman–Crippen MR) is 67.4 cm³/mol. The van der Waals surface area contributed by atoms with Gasteiger partial charge in [-0.25, -0.2) is 4.79 Å². The number of hydrogen-bond acceptors (Lipinski definition) is 3. The van der Waals surface area contributed by atoms with Crippen LogP contribution in [0.1, 0.15) is 41.6 Å². The maximum Gasteiger partial charge on any atom is 0.338 e. The Labute approximate surface area is 106 Å². The first kappa shape index (κ1) is 12.6. The van der Waals surface area contributed by atoms with E-state index in [9.17, 15) is 9.59 Å². The van der Waals surface area contributed by atoms with Gasteiger partial charge in [0.1, 0.15) is 0 Å². The van der Waals surface area contributed by atoms with Crippen molar-refractivity contribution in [3.8, 4) is 0 Å². The van der Waals surface area contributed by atoms with Crippen LogP contribution in [0.15, 0.2) is 24.3 Å². The number of ether oxygens (including phenoxy) is 1. The second kappa shape index (κ2) is 5.67. The van der Waals surface area contributed by atoms with Crippen LogP contribution in [0.4, 0.5) is 0 Å². The number of benzene rings is 1. The van der Waals surface area contributed by atoms with Crippen LogP contribution in [-0.2, 0) is 9.53 Å². The highest BCUT2D eigenvalue weighted by Gasteiger charge is 2.19. The number of rotatable bonds is 3. The number of nitrogens with one attached hydrogen (secondary N) is 1. The molecule has 2 rings (SSSR count). The summed E-state index contributed by atoms with van der Waals surface area (Å²) in [4.78, 5) is 22.6. The highest BCUT2D eigenvalue weighted by Crippen LogP contribution is 2.23. The van der Waals surface area contributed by atoms with E-state index in [0.717, 1.165) is 12.0 Å². The largest absolute Gasteiger partial charge is 0.462 e. The molecule has 1 aromatic carbocycles. The third-order valence-electron chi connectivity index (χ3n) is 3.16. The lowest BCUT2D eigenvalue weighted by atomic mass is 9.91. The summed E-state index contributed by atoms with van der Waals surface area (Å²) < 4.78 is 4.93. The molecule has 1 N–H and O–H groups in total. The molecule has 0 unspecified atom stereocenters. The Morgan fingerprint density at radius 2 is 2.11 bits per heavy atom. The van der Waals surface area contributed by atoms with E-state index in [0.29, 0.717) is 31.1 Å². The zero-order valence-electron chi connectivity index (χ0n) is 10.4. The summed E-state index contributed by atoms with van der Waals surface area (Å²) in [7, 11) is 0. The van der Waals surface area contributed by atoms with E-state index in [2.05, 4.69) is 5.32 Å². The van der Waals surface area contributed by atoms with Crippen molar-refractivity contribution in [1.29, 1.82) is 0 Å². The zero-order chi connectivity index (χ0) is 13.0. The van der Waals surface area contributed by atoms with Crippen LogP contribution >= 0.6 is 0 Å². The Kier molecular flexibility index (Phi) is 3.97. The van der Waals surface area contributed by atoms with Crippen LogP contribution in [0.3, 0.4) is 0 Å². The van der Waals surface area contributed by atoms with Crippen LogP contribution in [0.25, 0.3) is 0 Å². The minimum atomic E-state index is -0.291. The van der Waals surface area contributed by atoms with E-state index >= 15 is 0 Å². The fourth-order valence-corrected chi connectivity index (χ4v) is 2.12. The molecule has 4 nitrogen and oxygen atoms in total. The smallest absolute Gasteiger partial charge is 0.338 e. The third kappa shape index (κ3) is 2.88. The Morgan fingerprint density at radius 3 is 2.67 bits per heavy atom. The lowest BCUT2D eigenvalue weighted by Crippen LogP contribution is -2.33. The van der Waals surface area contributed by atoms with Gasteiger partial charge in [0.25, 0.3) is 0 Å². The van der Waals surface area contributed by atoms with Crippen LogP contribution in [0, 0.1) is 0 Å². The lowest BCUT2D eigenvalue weighted by molar-refractivity contribution is -0.122. The van der Waals surface area contributed by atoms with E-state index in [1.807, 2.05) is 12.1 Å². The van der Waals surface area contributed by atoms with Crippen LogP contribution < -0.4 is 5.32 Å². The van der Waals surface area contributed by atoms with E-state index in [1.54, 1.807) is 19.1 Å². The number of carbonyl (C=O) groups excluding carboxylic acids is 2. The summed E-state index contributed by atoms with van der Waals surface area (Å²) in [6, 6.07) is 7.44. The van der Waals surface area contributed by atoms with Gasteiger partial charge in [-0.2, -0.15) is 0 Å². The van der Waals surface area contributed by atoms with Gasteiger partial charge in [-0.1, -0.05) is 12.1 Å². The molecule has 0 aromatic heterocycles. The fraction of sp³-hybridized carbons (Fsp3) is 0.429. The molecule has 1 saturated heterocycles. The first-order valence-corrected chi connectivity index (χ1v) is 6.24. The Balaban J connectivity index is 2.03. The van der Waals surface area contributed by atoms with Gasteiger partial charge < -0.3 is 10.1 Å². The van der Waals surface area contributed by atoms with Crippen molar-refractivity contribution in [2.75, 3.05) is 13.2 Å². The summed E-state index contributed by atoms with van der Waals surface area (Å²) in [6.07, 6.45) is 1.44. The van der Waals surface area contributed by atoms with Crippen LogP contribution in [0.5, 0.6) is 0 Å². The van der Waals surface area contributed by atoms with Gasteiger partial charge in [-0.3, -0.25) is 4.79 Å². The molecule has 1 aliphatic heterocycles. The highest BCUT2D eigenvalue weighted by molar-refractivity contribution is 5.89. The summed E-state index contributed by atoms with van der Waals surface area (Å²) in [5.41, 5.74) is 1.73. The summed E-state index contributed by atoms with van der Waals surface area (Å²) >= 11 is 0. The number of esters is 1. The maximum absolute atomic E-state index is 11.5. The summed E-state index contributed by atoms with van der Waals surface area (Å²) in [6.45, 7) is 2.85. The van der Waals surface area contributed by atoms with E-state index in [4.69, 9.17) is 4.74 Å². The van der Waals surface area contributed by atoms with Crippen molar-refractivity contribution < 1.29 is 14.3 Å². The first-order chi connectivity index (χ1) is 8.70. The van der Waals surface area contributed by atoms with Gasteiger partial charge in [0.15, 0.2) is 0 Å². The number of hydrogen-bond donors (Lipinski definition) is 1. The molecule has 1 amide bonds. The second-order valence-corrected chi connectivity index (χ2v) is 4.38. The fourth-order valence-electron chi connectivity index (χ4n) is 2.12. The van der Waals surface area contributed by atoms with Crippen molar-refractivity contribution in [3.63, 3.8) is 0 Å². The molecule has 1 atom stereocenters. The molecule has 1 aliphatic rings. The lowest BCUT2D eigenvalue weighted by Gasteiger charge is -2.22. The molecule has 1 fully saturated rings. The van der Waals surface area contributed by atoms with Crippen molar-refractivity contribution in [1.82, 2.24) is 5.32 Å². The molecule has 1 aromatic rings. The van der Waals surface area contributed by atoms with Crippen molar-refractivity contribution in [2.24, 2.45) is 0 Å². The SMILES string of the molecule is CCOC(=O)c1ccc([C@@H]2CCC(=O)NC2)cc1. The van der Waals surface area contributed by atoms with Gasteiger partial charge in [0.05, 0.1) is 12.2 Å². The molecule has 0 aliphatic carbocycles. The molecular weight excluding hydrogens is 230 g/mol. The Bertz CT molecular complexity index is 429. The molecule has 1 heterocycles. The van der Waals surface area contributed by atoms with Crippen molar-refractivity contribution in [3.05, 3.63) is 35.4 Å². The zero-order valence-corrected chi connectivity index (χ0v) is 10.4. The number of amides is 1. The van der Waals surface area contributed by atoms with Crippen LogP contribution in [0.2, 0.25) is 0 Å². The number of piperidine rings is 1. The Morgan fingerprint density at radius 1 is 1.39 bits per heavy atom. The van der Waals surface area contributed by atoms with Crippen molar-refractivity contribution in [2.45, 2.75) is 25.7 Å². The van der Waals surface area contributed by atoms with Gasteiger partial charge in [-0.15, -0.1) is 0 Å². The summed E-state index contributed by atoms with van der Waals surface area (Å²) in [5, 5.41) is 2.86. The average molecular weight is 247 g/mol. The first-order valence-electron chi connectivity index (χ1n) is 6.24. The maximum atomic E-state index is 11.5. The molecule has 96 valence electrons. The Hall–Kier alpha value is -1.84. The molecule has 0 saturated carbocycles. The van der Waals surface area contributed by atoms with E-state index in [1.165, 1.54) is 0 Å².